The monoisotopic (exact) mass is 368 g/mol. The molecular formula is C21H21FN2O3. The number of rotatable bonds is 6. The van der Waals surface area contributed by atoms with Gasteiger partial charge in [-0.3, -0.25) is 9.78 Å². The van der Waals surface area contributed by atoms with Crippen LogP contribution in [0.25, 0.3) is 10.9 Å². The van der Waals surface area contributed by atoms with Crippen LogP contribution in [0.5, 0.6) is 11.5 Å². The van der Waals surface area contributed by atoms with Crippen molar-refractivity contribution in [3.8, 4) is 11.5 Å². The number of halogens is 1. The molecule has 0 fully saturated rings. The molecule has 0 aliphatic carbocycles. The average Bonchev–Trinajstić information content (AvgIpc) is 2.66. The summed E-state index contributed by atoms with van der Waals surface area (Å²) in [7, 11) is 1.60. The highest BCUT2D eigenvalue weighted by atomic mass is 19.1. The van der Waals surface area contributed by atoms with Gasteiger partial charge >= 0.3 is 0 Å². The molecule has 0 aliphatic rings. The van der Waals surface area contributed by atoms with Gasteiger partial charge in [0.15, 0.2) is 11.6 Å². The Morgan fingerprint density at radius 3 is 2.74 bits per heavy atom. The SMILES string of the molecule is COc1ccc2cc(C(=O)NC(C)COc3ccccc3F)c(C)nc2c1. The van der Waals surface area contributed by atoms with Crippen LogP contribution in [-0.2, 0) is 0 Å². The van der Waals surface area contributed by atoms with Crippen molar-refractivity contribution >= 4 is 16.8 Å². The molecule has 2 aromatic carbocycles. The molecule has 1 unspecified atom stereocenters. The summed E-state index contributed by atoms with van der Waals surface area (Å²) in [4.78, 5) is 17.1. The van der Waals surface area contributed by atoms with E-state index < -0.39 is 5.82 Å². The number of hydrogen-bond acceptors (Lipinski definition) is 4. The molecule has 3 rings (SSSR count). The molecule has 0 saturated heterocycles. The van der Waals surface area contributed by atoms with Gasteiger partial charge in [0, 0.05) is 11.5 Å². The van der Waals surface area contributed by atoms with Crippen LogP contribution >= 0.6 is 0 Å². The lowest BCUT2D eigenvalue weighted by atomic mass is 10.1. The third-order valence-corrected chi connectivity index (χ3v) is 4.16. The van der Waals surface area contributed by atoms with Crippen molar-refractivity contribution in [2.75, 3.05) is 13.7 Å². The van der Waals surface area contributed by atoms with E-state index in [9.17, 15) is 9.18 Å². The summed E-state index contributed by atoms with van der Waals surface area (Å²) in [6, 6.07) is 13.2. The van der Waals surface area contributed by atoms with Crippen molar-refractivity contribution in [1.82, 2.24) is 10.3 Å². The van der Waals surface area contributed by atoms with E-state index in [2.05, 4.69) is 10.3 Å². The molecule has 1 heterocycles. The number of aromatic nitrogens is 1. The van der Waals surface area contributed by atoms with Crippen molar-refractivity contribution in [2.45, 2.75) is 19.9 Å². The second-order valence-corrected chi connectivity index (χ2v) is 6.30. The molecule has 0 radical (unpaired) electrons. The van der Waals surface area contributed by atoms with Crippen LogP contribution in [-0.4, -0.2) is 30.6 Å². The Bertz CT molecular complexity index is 975. The number of pyridine rings is 1. The molecule has 1 aromatic heterocycles. The first-order valence-electron chi connectivity index (χ1n) is 8.61. The molecule has 1 amide bonds. The molecule has 140 valence electrons. The lowest BCUT2D eigenvalue weighted by Crippen LogP contribution is -2.37. The van der Waals surface area contributed by atoms with Gasteiger partial charge in [-0.25, -0.2) is 4.39 Å². The van der Waals surface area contributed by atoms with Crippen LogP contribution in [0.2, 0.25) is 0 Å². The number of carbonyl (C=O) groups is 1. The van der Waals surface area contributed by atoms with Gasteiger partial charge in [-0.2, -0.15) is 0 Å². The van der Waals surface area contributed by atoms with Crippen molar-refractivity contribution < 1.29 is 18.7 Å². The number of para-hydroxylation sites is 1. The van der Waals surface area contributed by atoms with E-state index in [0.29, 0.717) is 17.0 Å². The highest BCUT2D eigenvalue weighted by Crippen LogP contribution is 2.22. The lowest BCUT2D eigenvalue weighted by molar-refractivity contribution is 0.0925. The average molecular weight is 368 g/mol. The van der Waals surface area contributed by atoms with Crippen LogP contribution in [0.1, 0.15) is 23.0 Å². The van der Waals surface area contributed by atoms with E-state index in [1.54, 1.807) is 45.2 Å². The largest absolute Gasteiger partial charge is 0.497 e. The van der Waals surface area contributed by atoms with Gasteiger partial charge in [-0.15, -0.1) is 0 Å². The van der Waals surface area contributed by atoms with E-state index >= 15 is 0 Å². The minimum absolute atomic E-state index is 0.157. The Morgan fingerprint density at radius 2 is 2.00 bits per heavy atom. The summed E-state index contributed by atoms with van der Waals surface area (Å²) in [5.74, 6) is 0.199. The molecule has 1 atom stereocenters. The number of nitrogens with zero attached hydrogens (tertiary/aromatic N) is 1. The maximum Gasteiger partial charge on any atom is 0.253 e. The zero-order chi connectivity index (χ0) is 19.4. The molecule has 1 N–H and O–H groups in total. The number of methoxy groups -OCH3 is 1. The number of aryl methyl sites for hydroxylation is 1. The van der Waals surface area contributed by atoms with E-state index in [1.807, 2.05) is 18.2 Å². The molecule has 0 bridgehead atoms. The molecule has 0 spiro atoms. The second-order valence-electron chi connectivity index (χ2n) is 6.30. The summed E-state index contributed by atoms with van der Waals surface area (Å²) in [5.41, 5.74) is 1.88. The van der Waals surface area contributed by atoms with Gasteiger partial charge < -0.3 is 14.8 Å². The molecule has 6 heteroatoms. The molecule has 0 saturated carbocycles. The van der Waals surface area contributed by atoms with Crippen molar-refractivity contribution in [2.24, 2.45) is 0 Å². The van der Waals surface area contributed by atoms with Crippen molar-refractivity contribution in [1.29, 1.82) is 0 Å². The first-order chi connectivity index (χ1) is 13.0. The van der Waals surface area contributed by atoms with Crippen molar-refractivity contribution in [3.05, 3.63) is 65.6 Å². The molecule has 3 aromatic rings. The fourth-order valence-electron chi connectivity index (χ4n) is 2.72. The highest BCUT2D eigenvalue weighted by molar-refractivity contribution is 5.98. The van der Waals surface area contributed by atoms with Gasteiger partial charge in [0.2, 0.25) is 0 Å². The van der Waals surface area contributed by atoms with Crippen LogP contribution in [0.4, 0.5) is 4.39 Å². The van der Waals surface area contributed by atoms with E-state index in [4.69, 9.17) is 9.47 Å². The number of fused-ring (bicyclic) bond motifs is 1. The second kappa shape index (κ2) is 8.03. The van der Waals surface area contributed by atoms with Gasteiger partial charge in [0.25, 0.3) is 5.91 Å². The molecule has 5 nitrogen and oxygen atoms in total. The van der Waals surface area contributed by atoms with Crippen LogP contribution in [0, 0.1) is 12.7 Å². The maximum absolute atomic E-state index is 13.6. The zero-order valence-electron chi connectivity index (χ0n) is 15.5. The number of benzene rings is 2. The summed E-state index contributed by atoms with van der Waals surface area (Å²) < 4.78 is 24.2. The number of nitrogens with one attached hydrogen (secondary N) is 1. The quantitative estimate of drug-likeness (QED) is 0.717. The van der Waals surface area contributed by atoms with Crippen molar-refractivity contribution in [3.63, 3.8) is 0 Å². The minimum atomic E-state index is -0.430. The number of ether oxygens (including phenoxy) is 2. The van der Waals surface area contributed by atoms with Crippen LogP contribution in [0.3, 0.4) is 0 Å². The Kier molecular flexibility index (Phi) is 5.54. The zero-order valence-corrected chi connectivity index (χ0v) is 15.5. The van der Waals surface area contributed by atoms with Crippen LogP contribution in [0.15, 0.2) is 48.5 Å². The number of carbonyl (C=O) groups excluding carboxylic acids is 1. The third kappa shape index (κ3) is 4.34. The topological polar surface area (TPSA) is 60.5 Å². The normalized spacial score (nSPS) is 11.9. The Balaban J connectivity index is 1.69. The summed E-state index contributed by atoms with van der Waals surface area (Å²) in [6.45, 7) is 3.74. The summed E-state index contributed by atoms with van der Waals surface area (Å²) >= 11 is 0. The Labute approximate surface area is 157 Å². The number of hydrogen-bond donors (Lipinski definition) is 1. The molecule has 27 heavy (non-hydrogen) atoms. The van der Waals surface area contributed by atoms with Gasteiger partial charge in [0.1, 0.15) is 12.4 Å². The first kappa shape index (κ1) is 18.6. The first-order valence-corrected chi connectivity index (χ1v) is 8.61. The lowest BCUT2D eigenvalue weighted by Gasteiger charge is -2.16. The molecular weight excluding hydrogens is 347 g/mol. The highest BCUT2D eigenvalue weighted by Gasteiger charge is 2.15. The van der Waals surface area contributed by atoms with Gasteiger partial charge in [-0.1, -0.05) is 12.1 Å². The predicted molar refractivity (Wildman–Crippen MR) is 102 cm³/mol. The predicted octanol–water partition coefficient (Wildman–Crippen LogP) is 3.89. The van der Waals surface area contributed by atoms with Gasteiger partial charge in [0.05, 0.1) is 29.9 Å². The third-order valence-electron chi connectivity index (χ3n) is 4.16. The summed E-state index contributed by atoms with van der Waals surface area (Å²) in [6.07, 6.45) is 0. The van der Waals surface area contributed by atoms with E-state index in [-0.39, 0.29) is 24.3 Å². The smallest absolute Gasteiger partial charge is 0.253 e. The van der Waals surface area contributed by atoms with Gasteiger partial charge in [-0.05, 0) is 44.2 Å². The standard InChI is InChI=1S/C21H21FN2O3/c1-13(12-27-20-7-5-4-6-18(20)22)23-21(25)17-10-15-8-9-16(26-3)11-19(15)24-14(17)2/h4-11,13H,12H2,1-3H3,(H,23,25). The molecule has 0 aliphatic heterocycles. The Morgan fingerprint density at radius 1 is 1.22 bits per heavy atom. The Hall–Kier alpha value is -3.15. The van der Waals surface area contributed by atoms with E-state index in [0.717, 1.165) is 10.9 Å². The fraction of sp³-hybridized carbons (Fsp3) is 0.238. The maximum atomic E-state index is 13.6. The van der Waals surface area contributed by atoms with E-state index in [1.165, 1.54) is 6.07 Å². The minimum Gasteiger partial charge on any atom is -0.497 e. The fourth-order valence-corrected chi connectivity index (χ4v) is 2.72. The summed E-state index contributed by atoms with van der Waals surface area (Å²) in [5, 5.41) is 3.71. The van der Waals surface area contributed by atoms with Crippen LogP contribution < -0.4 is 14.8 Å². The number of amides is 1.